The molecule has 4 heteroatoms. The zero-order valence-electron chi connectivity index (χ0n) is 12.2. The van der Waals surface area contributed by atoms with E-state index in [2.05, 4.69) is 4.90 Å². The number of rotatable bonds is 3. The van der Waals surface area contributed by atoms with Crippen LogP contribution >= 0.6 is 0 Å². The SMILES string of the molecule is O=C(O)c1ccc(F)c(CN2CCC3CCCCC3C2)c1. The zero-order chi connectivity index (χ0) is 14.8. The van der Waals surface area contributed by atoms with Crippen molar-refractivity contribution in [2.45, 2.75) is 38.6 Å². The summed E-state index contributed by atoms with van der Waals surface area (Å²) < 4.78 is 13.9. The number of piperidine rings is 1. The fraction of sp³-hybridized carbons (Fsp3) is 0.588. The molecule has 0 spiro atoms. The molecule has 0 aromatic heterocycles. The van der Waals surface area contributed by atoms with E-state index in [0.29, 0.717) is 12.1 Å². The lowest BCUT2D eigenvalue weighted by Crippen LogP contribution is -2.41. The average Bonchev–Trinajstić information content (AvgIpc) is 2.49. The minimum Gasteiger partial charge on any atom is -0.478 e. The van der Waals surface area contributed by atoms with E-state index in [1.54, 1.807) is 0 Å². The second kappa shape index (κ2) is 6.14. The van der Waals surface area contributed by atoms with Crippen LogP contribution in [-0.2, 0) is 6.54 Å². The molecule has 114 valence electrons. The number of halogens is 1. The van der Waals surface area contributed by atoms with E-state index in [9.17, 15) is 9.18 Å². The molecule has 1 N–H and O–H groups in total. The van der Waals surface area contributed by atoms with Gasteiger partial charge in [0, 0.05) is 18.7 Å². The summed E-state index contributed by atoms with van der Waals surface area (Å²) in [4.78, 5) is 13.3. The molecule has 1 saturated carbocycles. The van der Waals surface area contributed by atoms with Gasteiger partial charge in [-0.2, -0.15) is 0 Å². The molecule has 0 bridgehead atoms. The quantitative estimate of drug-likeness (QED) is 0.926. The average molecular weight is 291 g/mol. The van der Waals surface area contributed by atoms with Gasteiger partial charge in [-0.15, -0.1) is 0 Å². The van der Waals surface area contributed by atoms with Crippen LogP contribution < -0.4 is 0 Å². The molecule has 1 saturated heterocycles. The van der Waals surface area contributed by atoms with Crippen LogP contribution in [0.25, 0.3) is 0 Å². The van der Waals surface area contributed by atoms with Gasteiger partial charge in [0.2, 0.25) is 0 Å². The van der Waals surface area contributed by atoms with E-state index in [-0.39, 0.29) is 11.4 Å². The van der Waals surface area contributed by atoms with Crippen molar-refractivity contribution >= 4 is 5.97 Å². The molecular formula is C17H22FNO2. The highest BCUT2D eigenvalue weighted by Crippen LogP contribution is 2.36. The minimum absolute atomic E-state index is 0.166. The molecule has 1 aromatic carbocycles. The Morgan fingerprint density at radius 2 is 2.00 bits per heavy atom. The first-order valence-corrected chi connectivity index (χ1v) is 7.87. The molecule has 2 unspecified atom stereocenters. The molecule has 1 heterocycles. The van der Waals surface area contributed by atoms with Gasteiger partial charge in [0.25, 0.3) is 0 Å². The number of carboxylic acids is 1. The summed E-state index contributed by atoms with van der Waals surface area (Å²) in [6.07, 6.45) is 6.51. The van der Waals surface area contributed by atoms with Crippen LogP contribution in [0.1, 0.15) is 48.0 Å². The molecular weight excluding hydrogens is 269 g/mol. The molecule has 0 amide bonds. The highest BCUT2D eigenvalue weighted by Gasteiger charge is 2.31. The largest absolute Gasteiger partial charge is 0.478 e. The molecule has 0 radical (unpaired) electrons. The Bertz CT molecular complexity index is 532. The lowest BCUT2D eigenvalue weighted by Gasteiger charge is -2.41. The Hall–Kier alpha value is -1.42. The summed E-state index contributed by atoms with van der Waals surface area (Å²) in [6.45, 7) is 2.55. The van der Waals surface area contributed by atoms with E-state index in [0.717, 1.165) is 24.9 Å². The smallest absolute Gasteiger partial charge is 0.335 e. The summed E-state index contributed by atoms with van der Waals surface area (Å²) in [6, 6.07) is 4.07. The highest BCUT2D eigenvalue weighted by molar-refractivity contribution is 5.87. The Labute approximate surface area is 124 Å². The third kappa shape index (κ3) is 3.26. The van der Waals surface area contributed by atoms with Crippen LogP contribution in [-0.4, -0.2) is 29.1 Å². The molecule has 1 aliphatic heterocycles. The number of hydrogen-bond acceptors (Lipinski definition) is 2. The van der Waals surface area contributed by atoms with Gasteiger partial charge < -0.3 is 5.11 Å². The standard InChI is InChI=1S/C17H22FNO2/c18-16-6-5-13(17(20)21)9-15(16)11-19-8-7-12-3-1-2-4-14(12)10-19/h5-6,9,12,14H,1-4,7-8,10-11H2,(H,20,21). The third-order valence-electron chi connectivity index (χ3n) is 5.06. The number of carboxylic acid groups (broad SMARTS) is 1. The molecule has 2 aliphatic rings. The lowest BCUT2D eigenvalue weighted by atomic mass is 9.75. The van der Waals surface area contributed by atoms with Gasteiger partial charge in [0.1, 0.15) is 5.82 Å². The van der Waals surface area contributed by atoms with Crippen LogP contribution in [0, 0.1) is 17.7 Å². The topological polar surface area (TPSA) is 40.5 Å². The Morgan fingerprint density at radius 1 is 1.24 bits per heavy atom. The summed E-state index contributed by atoms with van der Waals surface area (Å²) in [5.41, 5.74) is 0.670. The van der Waals surface area contributed by atoms with Gasteiger partial charge in [-0.3, -0.25) is 4.90 Å². The first kappa shape index (κ1) is 14.5. The van der Waals surface area contributed by atoms with Crippen molar-refractivity contribution in [1.82, 2.24) is 4.90 Å². The fourth-order valence-electron chi connectivity index (χ4n) is 3.89. The molecule has 3 nitrogen and oxygen atoms in total. The maximum atomic E-state index is 13.9. The third-order valence-corrected chi connectivity index (χ3v) is 5.06. The predicted octanol–water partition coefficient (Wildman–Crippen LogP) is 3.54. The monoisotopic (exact) mass is 291 g/mol. The summed E-state index contributed by atoms with van der Waals surface area (Å²) >= 11 is 0. The number of fused-ring (bicyclic) bond motifs is 1. The fourth-order valence-corrected chi connectivity index (χ4v) is 3.89. The van der Waals surface area contributed by atoms with Crippen molar-refractivity contribution in [3.05, 3.63) is 35.1 Å². The molecule has 3 rings (SSSR count). The molecule has 21 heavy (non-hydrogen) atoms. The van der Waals surface area contributed by atoms with E-state index in [1.165, 1.54) is 50.3 Å². The van der Waals surface area contributed by atoms with Gasteiger partial charge in [-0.05, 0) is 49.4 Å². The highest BCUT2D eigenvalue weighted by atomic mass is 19.1. The maximum Gasteiger partial charge on any atom is 0.335 e. The van der Waals surface area contributed by atoms with E-state index in [4.69, 9.17) is 5.11 Å². The van der Waals surface area contributed by atoms with E-state index >= 15 is 0 Å². The second-order valence-corrected chi connectivity index (χ2v) is 6.44. The van der Waals surface area contributed by atoms with Crippen LogP contribution in [0.15, 0.2) is 18.2 Å². The van der Waals surface area contributed by atoms with Crippen molar-refractivity contribution in [2.24, 2.45) is 11.8 Å². The Kier molecular flexibility index (Phi) is 4.24. The van der Waals surface area contributed by atoms with Gasteiger partial charge in [-0.1, -0.05) is 19.3 Å². The summed E-state index contributed by atoms with van der Waals surface area (Å²) in [5.74, 6) is 0.302. The van der Waals surface area contributed by atoms with Gasteiger partial charge in [-0.25, -0.2) is 9.18 Å². The van der Waals surface area contributed by atoms with Crippen LogP contribution in [0.5, 0.6) is 0 Å². The number of likely N-dealkylation sites (tertiary alicyclic amines) is 1. The number of carbonyl (C=O) groups is 1. The number of nitrogens with zero attached hydrogens (tertiary/aromatic N) is 1. The molecule has 1 aliphatic carbocycles. The van der Waals surface area contributed by atoms with Crippen LogP contribution in [0.3, 0.4) is 0 Å². The molecule has 2 atom stereocenters. The number of aromatic carboxylic acids is 1. The van der Waals surface area contributed by atoms with Crippen LogP contribution in [0.2, 0.25) is 0 Å². The van der Waals surface area contributed by atoms with Gasteiger partial charge in [0.05, 0.1) is 5.56 Å². The number of hydrogen-bond donors (Lipinski definition) is 1. The van der Waals surface area contributed by atoms with Gasteiger partial charge in [0.15, 0.2) is 0 Å². The first-order valence-electron chi connectivity index (χ1n) is 7.87. The second-order valence-electron chi connectivity index (χ2n) is 6.44. The van der Waals surface area contributed by atoms with Crippen molar-refractivity contribution in [3.63, 3.8) is 0 Å². The summed E-state index contributed by atoms with van der Waals surface area (Å²) in [7, 11) is 0. The normalized spacial score (nSPS) is 26.3. The predicted molar refractivity (Wildman–Crippen MR) is 78.7 cm³/mol. The first-order chi connectivity index (χ1) is 10.1. The van der Waals surface area contributed by atoms with E-state index in [1.807, 2.05) is 0 Å². The van der Waals surface area contributed by atoms with Crippen molar-refractivity contribution in [2.75, 3.05) is 13.1 Å². The minimum atomic E-state index is -0.998. The van der Waals surface area contributed by atoms with Crippen LogP contribution in [0.4, 0.5) is 4.39 Å². The molecule has 1 aromatic rings. The van der Waals surface area contributed by atoms with Crippen molar-refractivity contribution < 1.29 is 14.3 Å². The van der Waals surface area contributed by atoms with Gasteiger partial charge >= 0.3 is 5.97 Å². The zero-order valence-corrected chi connectivity index (χ0v) is 12.2. The Balaban J connectivity index is 1.69. The maximum absolute atomic E-state index is 13.9. The van der Waals surface area contributed by atoms with Crippen molar-refractivity contribution in [3.8, 4) is 0 Å². The molecule has 2 fully saturated rings. The summed E-state index contributed by atoms with van der Waals surface area (Å²) in [5, 5.41) is 9.02. The van der Waals surface area contributed by atoms with Crippen molar-refractivity contribution in [1.29, 1.82) is 0 Å². The lowest BCUT2D eigenvalue weighted by molar-refractivity contribution is 0.0695. The van der Waals surface area contributed by atoms with E-state index < -0.39 is 5.97 Å². The Morgan fingerprint density at radius 3 is 2.76 bits per heavy atom. The number of benzene rings is 1.